The molecule has 0 aliphatic rings. The summed E-state index contributed by atoms with van der Waals surface area (Å²) in [6, 6.07) is 90.7. The van der Waals surface area contributed by atoms with Crippen LogP contribution in [-0.4, -0.2) is 13.7 Å². The molecule has 4 heterocycles. The van der Waals surface area contributed by atoms with Crippen molar-refractivity contribution in [1.82, 2.24) is 13.7 Å². The first kappa shape index (κ1) is 38.7. The molecule has 0 aliphatic heterocycles. The molecule has 4 aromatic heterocycles. The number of rotatable bonds is 6. The van der Waals surface area contributed by atoms with Crippen LogP contribution in [0.3, 0.4) is 0 Å². The van der Waals surface area contributed by atoms with Crippen molar-refractivity contribution in [2.75, 3.05) is 0 Å². The summed E-state index contributed by atoms with van der Waals surface area (Å²) in [5, 5.41) is 9.64. The van der Waals surface area contributed by atoms with E-state index in [1.807, 2.05) is 12.1 Å². The monoisotopic (exact) mass is 891 g/mol. The van der Waals surface area contributed by atoms with Gasteiger partial charge in [-0.1, -0.05) is 133 Å². The van der Waals surface area contributed by atoms with Crippen LogP contribution >= 0.6 is 0 Å². The number of hydrogen-bond acceptors (Lipinski definition) is 1. The quantitative estimate of drug-likeness (QED) is 0.163. The van der Waals surface area contributed by atoms with E-state index >= 15 is 0 Å². The standard InChI is InChI=1S/C66H41N3O/c1-3-15-48(16-4-1)67-59-23-10-7-20-51(59)54-37-43(26-31-61(54)67)45-28-33-63-56(39-45)57-40-46(44-27-32-62-55(38-44)52-21-8-11-24-60(52)68(62)49-17-5-2-6-18-49)29-34-64(57)69(63)50-19-13-14-42(36-50)47-30-35-66-58(41-47)53-22-9-12-25-65(53)70-66/h1-41H. The largest absolute Gasteiger partial charge is 0.456 e. The fraction of sp³-hybridized carbons (Fsp3) is 0. The zero-order chi connectivity index (χ0) is 45.9. The molecule has 4 nitrogen and oxygen atoms in total. The van der Waals surface area contributed by atoms with Crippen LogP contribution in [0.1, 0.15) is 0 Å². The van der Waals surface area contributed by atoms with Gasteiger partial charge in [0.15, 0.2) is 0 Å². The molecular weight excluding hydrogens is 851 g/mol. The van der Waals surface area contributed by atoms with Gasteiger partial charge >= 0.3 is 0 Å². The van der Waals surface area contributed by atoms with E-state index in [9.17, 15) is 0 Å². The second-order valence-electron chi connectivity index (χ2n) is 18.5. The fourth-order valence-corrected chi connectivity index (χ4v) is 11.4. The van der Waals surface area contributed by atoms with Gasteiger partial charge in [-0.25, -0.2) is 0 Å². The molecule has 4 heteroatoms. The molecular formula is C66H41N3O. The van der Waals surface area contributed by atoms with Gasteiger partial charge in [0.25, 0.3) is 0 Å². The van der Waals surface area contributed by atoms with E-state index in [-0.39, 0.29) is 0 Å². The highest BCUT2D eigenvalue weighted by Gasteiger charge is 2.19. The van der Waals surface area contributed by atoms with E-state index in [2.05, 4.69) is 250 Å². The lowest BCUT2D eigenvalue weighted by atomic mass is 9.98. The Bertz CT molecular complexity index is 4370. The number of benzene rings is 11. The maximum absolute atomic E-state index is 6.22. The van der Waals surface area contributed by atoms with Gasteiger partial charge in [0.2, 0.25) is 0 Å². The number of para-hydroxylation sites is 5. The van der Waals surface area contributed by atoms with Gasteiger partial charge in [-0.05, 0) is 149 Å². The molecule has 0 N–H and O–H groups in total. The Morgan fingerprint density at radius 3 is 1.06 bits per heavy atom. The van der Waals surface area contributed by atoms with Crippen LogP contribution in [0.15, 0.2) is 253 Å². The molecule has 0 saturated heterocycles. The molecule has 15 rings (SSSR count). The molecule has 326 valence electrons. The molecule has 15 aromatic rings. The minimum atomic E-state index is 0.900. The normalized spacial score (nSPS) is 12.0. The van der Waals surface area contributed by atoms with E-state index in [4.69, 9.17) is 4.42 Å². The smallest absolute Gasteiger partial charge is 0.135 e. The van der Waals surface area contributed by atoms with Crippen LogP contribution in [0.5, 0.6) is 0 Å². The summed E-state index contributed by atoms with van der Waals surface area (Å²) in [6.07, 6.45) is 0. The molecule has 70 heavy (non-hydrogen) atoms. The Kier molecular flexibility index (Phi) is 8.33. The predicted molar refractivity (Wildman–Crippen MR) is 293 cm³/mol. The van der Waals surface area contributed by atoms with Crippen LogP contribution in [0, 0.1) is 0 Å². The third-order valence-electron chi connectivity index (χ3n) is 14.6. The highest BCUT2D eigenvalue weighted by atomic mass is 16.3. The summed E-state index contributed by atoms with van der Waals surface area (Å²) in [5.74, 6) is 0. The summed E-state index contributed by atoms with van der Waals surface area (Å²) in [5.41, 5.74) is 19.4. The van der Waals surface area contributed by atoms with Crippen molar-refractivity contribution in [1.29, 1.82) is 0 Å². The lowest BCUT2D eigenvalue weighted by Gasteiger charge is -2.11. The molecule has 0 aliphatic carbocycles. The molecule has 0 amide bonds. The molecule has 0 radical (unpaired) electrons. The van der Waals surface area contributed by atoms with Crippen LogP contribution in [0.25, 0.3) is 138 Å². The Balaban J connectivity index is 0.924. The first-order valence-corrected chi connectivity index (χ1v) is 24.0. The van der Waals surface area contributed by atoms with Crippen molar-refractivity contribution in [2.24, 2.45) is 0 Å². The third kappa shape index (κ3) is 5.84. The van der Waals surface area contributed by atoms with Gasteiger partial charge in [-0.3, -0.25) is 0 Å². The van der Waals surface area contributed by atoms with E-state index in [0.29, 0.717) is 0 Å². The molecule has 0 spiro atoms. The molecule has 0 saturated carbocycles. The van der Waals surface area contributed by atoms with Crippen molar-refractivity contribution in [3.05, 3.63) is 249 Å². The number of nitrogens with zero attached hydrogens (tertiary/aromatic N) is 3. The van der Waals surface area contributed by atoms with Gasteiger partial charge in [0.1, 0.15) is 11.2 Å². The van der Waals surface area contributed by atoms with Crippen molar-refractivity contribution in [3.63, 3.8) is 0 Å². The average molecular weight is 892 g/mol. The highest BCUT2D eigenvalue weighted by Crippen LogP contribution is 2.42. The first-order valence-electron chi connectivity index (χ1n) is 24.0. The number of fused-ring (bicyclic) bond motifs is 12. The zero-order valence-electron chi connectivity index (χ0n) is 37.9. The van der Waals surface area contributed by atoms with Crippen molar-refractivity contribution in [2.45, 2.75) is 0 Å². The Morgan fingerprint density at radius 1 is 0.200 bits per heavy atom. The second-order valence-corrected chi connectivity index (χ2v) is 18.5. The summed E-state index contributed by atoms with van der Waals surface area (Å²) in [4.78, 5) is 0. The maximum atomic E-state index is 6.22. The van der Waals surface area contributed by atoms with Crippen molar-refractivity contribution in [3.8, 4) is 50.4 Å². The van der Waals surface area contributed by atoms with Gasteiger partial charge in [0, 0.05) is 60.2 Å². The first-order chi connectivity index (χ1) is 34.7. The molecule has 0 unspecified atom stereocenters. The minimum Gasteiger partial charge on any atom is -0.456 e. The lowest BCUT2D eigenvalue weighted by Crippen LogP contribution is -1.94. The Hall–Kier alpha value is -9.38. The topological polar surface area (TPSA) is 27.9 Å². The summed E-state index contributed by atoms with van der Waals surface area (Å²) >= 11 is 0. The Labute approximate surface area is 402 Å². The minimum absolute atomic E-state index is 0.900. The third-order valence-corrected chi connectivity index (χ3v) is 14.6. The van der Waals surface area contributed by atoms with E-state index in [1.165, 1.54) is 76.6 Å². The average Bonchev–Trinajstić information content (AvgIpc) is 4.17. The number of aromatic nitrogens is 3. The molecule has 0 fully saturated rings. The summed E-state index contributed by atoms with van der Waals surface area (Å²) < 4.78 is 13.4. The SMILES string of the molecule is c1ccc(-n2c3ccccc3c3cc(-c4ccc5c(c4)c4cc(-c6ccc7c(c6)c6ccccc6n7-c6ccccc6)ccc4n5-c4cccc(-c5ccc6oc7ccccc7c6c5)c4)ccc32)cc1. The Morgan fingerprint density at radius 2 is 0.543 bits per heavy atom. The predicted octanol–water partition coefficient (Wildman–Crippen LogP) is 17.9. The summed E-state index contributed by atoms with van der Waals surface area (Å²) in [7, 11) is 0. The maximum Gasteiger partial charge on any atom is 0.135 e. The van der Waals surface area contributed by atoms with Gasteiger partial charge in [-0.15, -0.1) is 0 Å². The molecule has 0 atom stereocenters. The lowest BCUT2D eigenvalue weighted by molar-refractivity contribution is 0.669. The van der Waals surface area contributed by atoms with Crippen LogP contribution < -0.4 is 0 Å². The van der Waals surface area contributed by atoms with E-state index < -0.39 is 0 Å². The van der Waals surface area contributed by atoms with Crippen LogP contribution in [-0.2, 0) is 0 Å². The highest BCUT2D eigenvalue weighted by molar-refractivity contribution is 6.15. The van der Waals surface area contributed by atoms with Gasteiger partial charge in [-0.2, -0.15) is 0 Å². The zero-order valence-corrected chi connectivity index (χ0v) is 37.9. The van der Waals surface area contributed by atoms with Crippen molar-refractivity contribution >= 4 is 87.4 Å². The van der Waals surface area contributed by atoms with Crippen LogP contribution in [0.4, 0.5) is 0 Å². The van der Waals surface area contributed by atoms with E-state index in [0.717, 1.165) is 61.2 Å². The van der Waals surface area contributed by atoms with E-state index in [1.54, 1.807) is 0 Å². The number of hydrogen-bond donors (Lipinski definition) is 0. The van der Waals surface area contributed by atoms with Crippen LogP contribution in [0.2, 0.25) is 0 Å². The van der Waals surface area contributed by atoms with Crippen molar-refractivity contribution < 1.29 is 4.42 Å². The summed E-state index contributed by atoms with van der Waals surface area (Å²) in [6.45, 7) is 0. The fourth-order valence-electron chi connectivity index (χ4n) is 11.4. The van der Waals surface area contributed by atoms with Gasteiger partial charge < -0.3 is 18.1 Å². The second kappa shape index (κ2) is 15.1. The molecule has 0 bridgehead atoms. The molecule has 11 aromatic carbocycles. The van der Waals surface area contributed by atoms with Gasteiger partial charge in [0.05, 0.1) is 33.1 Å². The number of furan rings is 1.